The lowest BCUT2D eigenvalue weighted by Gasteiger charge is -2.31. The van der Waals surface area contributed by atoms with Gasteiger partial charge in [-0.15, -0.1) is 0 Å². The fourth-order valence-electron chi connectivity index (χ4n) is 5.88. The summed E-state index contributed by atoms with van der Waals surface area (Å²) >= 11 is 0. The Labute approximate surface area is 232 Å². The Hall–Kier alpha value is -3.94. The number of hydrogen-bond acceptors (Lipinski definition) is 6. The van der Waals surface area contributed by atoms with Crippen molar-refractivity contribution in [3.63, 3.8) is 0 Å². The van der Waals surface area contributed by atoms with Crippen LogP contribution in [0, 0.1) is 23.6 Å². The van der Waals surface area contributed by atoms with E-state index in [0.29, 0.717) is 12.0 Å². The van der Waals surface area contributed by atoms with Gasteiger partial charge in [0.05, 0.1) is 29.7 Å². The number of ether oxygens (including phenoxy) is 1. The van der Waals surface area contributed by atoms with E-state index < -0.39 is 49.8 Å². The number of carbonyl (C=O) groups excluding carboxylic acids is 2. The molecule has 0 saturated heterocycles. The van der Waals surface area contributed by atoms with E-state index in [1.807, 2.05) is 0 Å². The van der Waals surface area contributed by atoms with Gasteiger partial charge >= 0.3 is 5.51 Å². The zero-order valence-electron chi connectivity index (χ0n) is 21.7. The van der Waals surface area contributed by atoms with Crippen LogP contribution in [0.25, 0.3) is 0 Å². The van der Waals surface area contributed by atoms with Gasteiger partial charge < -0.3 is 15.4 Å². The monoisotopic (exact) mass is 594 g/mol. The van der Waals surface area contributed by atoms with Crippen molar-refractivity contribution >= 4 is 27.3 Å². The molecule has 2 fully saturated rings. The largest absolute Gasteiger partial charge is 0.501 e. The lowest BCUT2D eigenvalue weighted by molar-refractivity contribution is -0.122. The van der Waals surface area contributed by atoms with Crippen LogP contribution in [0.5, 0.6) is 5.75 Å². The number of carbonyl (C=O) groups is 2. The van der Waals surface area contributed by atoms with E-state index in [2.05, 4.69) is 20.8 Å². The number of sulfone groups is 1. The third-order valence-corrected chi connectivity index (χ3v) is 9.28. The number of fused-ring (bicyclic) bond motifs is 2. The van der Waals surface area contributed by atoms with E-state index in [4.69, 9.17) is 4.74 Å². The van der Waals surface area contributed by atoms with Gasteiger partial charge in [-0.3, -0.25) is 14.7 Å². The number of H-pyrrole nitrogens is 1. The minimum atomic E-state index is -5.60. The van der Waals surface area contributed by atoms with Crippen molar-refractivity contribution in [2.75, 3.05) is 12.4 Å². The van der Waals surface area contributed by atoms with Crippen LogP contribution < -0.4 is 15.4 Å². The lowest BCUT2D eigenvalue weighted by Crippen LogP contribution is -2.48. The fourth-order valence-corrected chi connectivity index (χ4v) is 6.69. The Balaban J connectivity index is 1.36. The van der Waals surface area contributed by atoms with Crippen LogP contribution in [0.4, 0.5) is 23.2 Å². The minimum absolute atomic E-state index is 0.0165. The van der Waals surface area contributed by atoms with Crippen LogP contribution in [-0.2, 0) is 21.1 Å². The highest BCUT2D eigenvalue weighted by Gasteiger charge is 2.52. The molecular formula is C27H26F4N4O5S. The molecular weight excluding hydrogens is 568 g/mol. The van der Waals surface area contributed by atoms with Crippen LogP contribution in [0.15, 0.2) is 53.7 Å². The molecule has 2 aromatic carbocycles. The molecule has 9 nitrogen and oxygen atoms in total. The molecule has 0 unspecified atom stereocenters. The van der Waals surface area contributed by atoms with Gasteiger partial charge in [0.15, 0.2) is 0 Å². The van der Waals surface area contributed by atoms with Gasteiger partial charge in [0, 0.05) is 30.4 Å². The number of amides is 2. The Morgan fingerprint density at radius 3 is 2.59 bits per heavy atom. The van der Waals surface area contributed by atoms with Crippen molar-refractivity contribution in [1.82, 2.24) is 15.5 Å². The van der Waals surface area contributed by atoms with Crippen molar-refractivity contribution in [2.24, 2.45) is 17.8 Å². The van der Waals surface area contributed by atoms with Crippen molar-refractivity contribution in [1.29, 1.82) is 0 Å². The van der Waals surface area contributed by atoms with Gasteiger partial charge in [-0.25, -0.2) is 12.8 Å². The molecule has 41 heavy (non-hydrogen) atoms. The second-order valence-corrected chi connectivity index (χ2v) is 12.2. The number of aromatic nitrogens is 2. The van der Waals surface area contributed by atoms with E-state index in [1.54, 1.807) is 6.20 Å². The van der Waals surface area contributed by atoms with Gasteiger partial charge in [-0.05, 0) is 66.5 Å². The second-order valence-electron chi connectivity index (χ2n) is 10.3. The number of anilines is 1. The van der Waals surface area contributed by atoms with Crippen LogP contribution in [0.1, 0.15) is 40.7 Å². The van der Waals surface area contributed by atoms with E-state index in [1.165, 1.54) is 25.4 Å². The Morgan fingerprint density at radius 1 is 1.15 bits per heavy atom. The predicted molar refractivity (Wildman–Crippen MR) is 138 cm³/mol. The first-order chi connectivity index (χ1) is 19.4. The SMILES string of the molecule is COc1cc(F)c(Cc2cn[nH]c2)cc1C(=O)N[C@@H]1[C@H]2CC[C@H](C2)[C@@H]1C(=O)Nc1cccc(S(=O)(=O)C(F)(F)F)c1. The van der Waals surface area contributed by atoms with Crippen LogP contribution in [0.2, 0.25) is 0 Å². The molecule has 2 aliphatic rings. The normalized spacial score (nSPS) is 22.0. The lowest BCUT2D eigenvalue weighted by atomic mass is 9.83. The van der Waals surface area contributed by atoms with E-state index in [-0.39, 0.29) is 40.8 Å². The van der Waals surface area contributed by atoms with E-state index >= 15 is 0 Å². The molecule has 2 bridgehead atoms. The quantitative estimate of drug-likeness (QED) is 0.335. The van der Waals surface area contributed by atoms with Crippen molar-refractivity contribution in [3.05, 3.63) is 71.3 Å². The smallest absolute Gasteiger partial charge is 0.496 e. The summed E-state index contributed by atoms with van der Waals surface area (Å²) in [5.41, 5.74) is -4.57. The number of aromatic amines is 1. The maximum Gasteiger partial charge on any atom is 0.501 e. The molecule has 0 aliphatic heterocycles. The molecule has 218 valence electrons. The molecule has 2 amide bonds. The molecule has 1 aromatic heterocycles. The first-order valence-electron chi connectivity index (χ1n) is 12.8. The summed E-state index contributed by atoms with van der Waals surface area (Å²) in [4.78, 5) is 25.8. The summed E-state index contributed by atoms with van der Waals surface area (Å²) < 4.78 is 82.7. The molecule has 14 heteroatoms. The number of alkyl halides is 3. The molecule has 2 aliphatic carbocycles. The summed E-state index contributed by atoms with van der Waals surface area (Å²) in [6, 6.07) is 5.87. The number of hydrogen-bond donors (Lipinski definition) is 3. The highest BCUT2D eigenvalue weighted by molar-refractivity contribution is 7.92. The number of rotatable bonds is 8. The van der Waals surface area contributed by atoms with Gasteiger partial charge in [-0.1, -0.05) is 6.07 Å². The average molecular weight is 595 g/mol. The molecule has 1 heterocycles. The third kappa shape index (κ3) is 5.52. The number of halogens is 4. The maximum atomic E-state index is 14.7. The topological polar surface area (TPSA) is 130 Å². The van der Waals surface area contributed by atoms with Gasteiger partial charge in [0.1, 0.15) is 11.6 Å². The highest BCUT2D eigenvalue weighted by atomic mass is 32.2. The maximum absolute atomic E-state index is 14.7. The molecule has 0 radical (unpaired) electrons. The van der Waals surface area contributed by atoms with Crippen LogP contribution in [-0.4, -0.2) is 49.1 Å². The average Bonchev–Trinajstić information content (AvgIpc) is 3.67. The molecule has 4 atom stereocenters. The van der Waals surface area contributed by atoms with Crippen molar-refractivity contribution < 1.29 is 40.3 Å². The number of methoxy groups -OCH3 is 1. The Bertz CT molecular complexity index is 1580. The van der Waals surface area contributed by atoms with Gasteiger partial charge in [0.25, 0.3) is 15.7 Å². The fraction of sp³-hybridized carbons (Fsp3) is 0.370. The van der Waals surface area contributed by atoms with Crippen LogP contribution in [0.3, 0.4) is 0 Å². The Kier molecular flexibility index (Phi) is 7.53. The Morgan fingerprint density at radius 2 is 1.90 bits per heavy atom. The first-order valence-corrected chi connectivity index (χ1v) is 14.2. The van der Waals surface area contributed by atoms with Gasteiger partial charge in [0.2, 0.25) is 5.91 Å². The van der Waals surface area contributed by atoms with Gasteiger partial charge in [-0.2, -0.15) is 18.3 Å². The summed E-state index contributed by atoms with van der Waals surface area (Å²) in [6.07, 6.45) is 5.48. The zero-order chi connectivity index (χ0) is 29.5. The summed E-state index contributed by atoms with van der Waals surface area (Å²) in [5.74, 6) is -2.47. The van der Waals surface area contributed by atoms with E-state index in [9.17, 15) is 35.6 Å². The van der Waals surface area contributed by atoms with Crippen LogP contribution >= 0.6 is 0 Å². The van der Waals surface area contributed by atoms with Crippen molar-refractivity contribution in [2.45, 2.75) is 42.1 Å². The zero-order valence-corrected chi connectivity index (χ0v) is 22.5. The molecule has 5 rings (SSSR count). The molecule has 3 N–H and O–H groups in total. The molecule has 0 spiro atoms. The summed E-state index contributed by atoms with van der Waals surface area (Å²) in [5, 5.41) is 11.9. The summed E-state index contributed by atoms with van der Waals surface area (Å²) in [7, 11) is -4.29. The van der Waals surface area contributed by atoms with Crippen molar-refractivity contribution in [3.8, 4) is 5.75 Å². The predicted octanol–water partition coefficient (Wildman–Crippen LogP) is 4.22. The van der Waals surface area contributed by atoms with E-state index in [0.717, 1.165) is 37.1 Å². The number of nitrogens with one attached hydrogen (secondary N) is 3. The third-order valence-electron chi connectivity index (χ3n) is 7.80. The minimum Gasteiger partial charge on any atom is -0.496 e. The molecule has 3 aromatic rings. The molecule has 2 saturated carbocycles. The number of benzene rings is 2. The highest BCUT2D eigenvalue weighted by Crippen LogP contribution is 2.49. The standard InChI is InChI=1S/C27H26F4N4O5S/c1-40-22-11-21(28)17(7-14-12-32-33-13-14)9-20(22)25(36)35-24-16-6-5-15(8-16)23(24)26(37)34-18-3-2-4-19(10-18)41(38,39)27(29,30)31/h2-4,9-13,15-16,23-24H,5-8H2,1H3,(H,32,33)(H,34,37)(H,35,36)/t15-,16+,23+,24-/m1/s1. The number of nitrogens with zero attached hydrogens (tertiary/aromatic N) is 1. The second kappa shape index (κ2) is 10.8. The first kappa shape index (κ1) is 28.6. The summed E-state index contributed by atoms with van der Waals surface area (Å²) in [6.45, 7) is 0.